The number of hydroxylamine groups is 1. The number of carboxylic acid groups (broad SMARTS) is 1. The van der Waals surface area contributed by atoms with Gasteiger partial charge < -0.3 is 15.3 Å². The van der Waals surface area contributed by atoms with Gasteiger partial charge in [0.25, 0.3) is 5.91 Å². The second-order valence-electron chi connectivity index (χ2n) is 6.98. The van der Waals surface area contributed by atoms with E-state index < -0.39 is 17.9 Å². The Kier molecular flexibility index (Phi) is 5.32. The first-order chi connectivity index (χ1) is 13.3. The molecular weight excluding hydrogens is 362 g/mol. The number of hydrogen-bond acceptors (Lipinski definition) is 5. The summed E-state index contributed by atoms with van der Waals surface area (Å²) < 4.78 is 0. The SMILES string of the molecule is CC(C)[C@H]1C(=O)Nc2cc(C(=O)NO)ccc2N1Cc1ccc(C(=O)O)cc1. The van der Waals surface area contributed by atoms with Crippen LogP contribution in [0.1, 0.15) is 40.1 Å². The van der Waals surface area contributed by atoms with Crippen molar-refractivity contribution in [1.82, 2.24) is 5.48 Å². The number of carboxylic acids is 1. The van der Waals surface area contributed by atoms with Crippen LogP contribution in [0.4, 0.5) is 11.4 Å². The zero-order chi connectivity index (χ0) is 20.4. The molecule has 0 unspecified atom stereocenters. The van der Waals surface area contributed by atoms with Crippen LogP contribution >= 0.6 is 0 Å². The van der Waals surface area contributed by atoms with Crippen molar-refractivity contribution >= 4 is 29.2 Å². The molecule has 2 aromatic carbocycles. The molecule has 8 heteroatoms. The summed E-state index contributed by atoms with van der Waals surface area (Å²) in [4.78, 5) is 37.4. The van der Waals surface area contributed by atoms with E-state index in [4.69, 9.17) is 10.3 Å². The van der Waals surface area contributed by atoms with Gasteiger partial charge in [0.15, 0.2) is 0 Å². The lowest BCUT2D eigenvalue weighted by Gasteiger charge is -2.40. The summed E-state index contributed by atoms with van der Waals surface area (Å²) in [5.74, 6) is -1.83. The molecule has 3 rings (SSSR count). The molecule has 4 N–H and O–H groups in total. The maximum Gasteiger partial charge on any atom is 0.335 e. The fourth-order valence-corrected chi connectivity index (χ4v) is 3.39. The normalized spacial score (nSPS) is 15.8. The van der Waals surface area contributed by atoms with Gasteiger partial charge in [0.1, 0.15) is 6.04 Å². The lowest BCUT2D eigenvalue weighted by molar-refractivity contribution is -0.118. The van der Waals surface area contributed by atoms with Crippen LogP contribution in [0.15, 0.2) is 42.5 Å². The molecule has 2 aromatic rings. The number of fused-ring (bicyclic) bond motifs is 1. The van der Waals surface area contributed by atoms with E-state index in [0.29, 0.717) is 12.2 Å². The van der Waals surface area contributed by atoms with Crippen molar-refractivity contribution < 1.29 is 24.7 Å². The van der Waals surface area contributed by atoms with E-state index in [0.717, 1.165) is 11.3 Å². The maximum atomic E-state index is 12.7. The van der Waals surface area contributed by atoms with Gasteiger partial charge in [-0.3, -0.25) is 14.8 Å². The van der Waals surface area contributed by atoms with Crippen molar-refractivity contribution in [1.29, 1.82) is 0 Å². The predicted octanol–water partition coefficient (Wildman–Crippen LogP) is 2.49. The molecule has 8 nitrogen and oxygen atoms in total. The monoisotopic (exact) mass is 383 g/mol. The highest BCUT2D eigenvalue weighted by molar-refractivity contribution is 6.05. The molecule has 0 saturated heterocycles. The molecule has 0 fully saturated rings. The molecule has 0 saturated carbocycles. The van der Waals surface area contributed by atoms with Gasteiger partial charge >= 0.3 is 5.97 Å². The van der Waals surface area contributed by atoms with Crippen molar-refractivity contribution in [3.63, 3.8) is 0 Å². The molecule has 0 radical (unpaired) electrons. The minimum Gasteiger partial charge on any atom is -0.478 e. The number of hydrogen-bond donors (Lipinski definition) is 4. The summed E-state index contributed by atoms with van der Waals surface area (Å²) in [5.41, 5.74) is 4.07. The standard InChI is InChI=1S/C20H21N3O5/c1-11(2)17-19(25)21-15-9-14(18(24)22-28)7-8-16(15)23(17)10-12-3-5-13(6-4-12)20(26)27/h3-9,11,17,28H,10H2,1-2H3,(H,21,25)(H,22,24)(H,26,27)/t17-/m0/s1. The second kappa shape index (κ2) is 7.69. The predicted molar refractivity (Wildman–Crippen MR) is 103 cm³/mol. The number of aromatic carboxylic acids is 1. The van der Waals surface area contributed by atoms with Crippen molar-refractivity contribution in [2.45, 2.75) is 26.4 Å². The third-order valence-electron chi connectivity index (χ3n) is 4.72. The van der Waals surface area contributed by atoms with E-state index in [1.165, 1.54) is 18.2 Å². The zero-order valence-electron chi connectivity index (χ0n) is 15.5. The first-order valence-corrected chi connectivity index (χ1v) is 8.80. The van der Waals surface area contributed by atoms with Crippen LogP contribution in [0.2, 0.25) is 0 Å². The Bertz CT molecular complexity index is 924. The lowest BCUT2D eigenvalue weighted by atomic mass is 9.96. The van der Waals surface area contributed by atoms with Crippen LogP contribution in [0.25, 0.3) is 0 Å². The summed E-state index contributed by atoms with van der Waals surface area (Å²) >= 11 is 0. The van der Waals surface area contributed by atoms with Crippen LogP contribution in [0.5, 0.6) is 0 Å². The molecular formula is C20H21N3O5. The van der Waals surface area contributed by atoms with Crippen LogP contribution < -0.4 is 15.7 Å². The highest BCUT2D eigenvalue weighted by Gasteiger charge is 2.35. The van der Waals surface area contributed by atoms with Crippen LogP contribution in [-0.4, -0.2) is 34.1 Å². The molecule has 1 heterocycles. The highest BCUT2D eigenvalue weighted by atomic mass is 16.5. The number of rotatable bonds is 5. The summed E-state index contributed by atoms with van der Waals surface area (Å²) in [6.45, 7) is 4.29. The highest BCUT2D eigenvalue weighted by Crippen LogP contribution is 2.36. The summed E-state index contributed by atoms with van der Waals surface area (Å²) in [5, 5.41) is 20.7. The molecule has 1 atom stereocenters. The molecule has 2 amide bonds. The number of nitrogens with one attached hydrogen (secondary N) is 2. The van der Waals surface area contributed by atoms with Gasteiger partial charge in [0.05, 0.1) is 16.9 Å². The number of nitrogens with zero attached hydrogens (tertiary/aromatic N) is 1. The van der Waals surface area contributed by atoms with E-state index in [1.54, 1.807) is 29.7 Å². The fraction of sp³-hybridized carbons (Fsp3) is 0.250. The molecule has 0 aromatic heterocycles. The first kappa shape index (κ1) is 19.4. The van der Waals surface area contributed by atoms with Crippen LogP contribution in [-0.2, 0) is 11.3 Å². The van der Waals surface area contributed by atoms with Crippen molar-refractivity contribution in [2.75, 3.05) is 10.2 Å². The first-order valence-electron chi connectivity index (χ1n) is 8.80. The number of carbonyl (C=O) groups excluding carboxylic acids is 2. The van der Waals surface area contributed by atoms with Gasteiger partial charge in [0, 0.05) is 12.1 Å². The van der Waals surface area contributed by atoms with Crippen molar-refractivity contribution in [2.24, 2.45) is 5.92 Å². The Morgan fingerprint density at radius 3 is 2.36 bits per heavy atom. The number of benzene rings is 2. The Balaban J connectivity index is 1.99. The Morgan fingerprint density at radius 2 is 1.79 bits per heavy atom. The molecule has 0 bridgehead atoms. The summed E-state index contributed by atoms with van der Waals surface area (Å²) in [6.07, 6.45) is 0. The summed E-state index contributed by atoms with van der Waals surface area (Å²) in [6, 6.07) is 10.9. The van der Waals surface area contributed by atoms with Crippen LogP contribution in [0, 0.1) is 5.92 Å². The van der Waals surface area contributed by atoms with E-state index in [-0.39, 0.29) is 23.0 Å². The van der Waals surface area contributed by atoms with Crippen molar-refractivity contribution in [3.05, 3.63) is 59.2 Å². The Labute approximate surface area is 161 Å². The summed E-state index contributed by atoms with van der Waals surface area (Å²) in [7, 11) is 0. The van der Waals surface area contributed by atoms with E-state index in [1.807, 2.05) is 18.7 Å². The molecule has 0 aliphatic carbocycles. The number of carbonyl (C=O) groups is 3. The third-order valence-corrected chi connectivity index (χ3v) is 4.72. The van der Waals surface area contributed by atoms with E-state index in [9.17, 15) is 14.4 Å². The quantitative estimate of drug-likeness (QED) is 0.465. The van der Waals surface area contributed by atoms with Gasteiger partial charge in [-0.2, -0.15) is 0 Å². The van der Waals surface area contributed by atoms with Crippen molar-refractivity contribution in [3.8, 4) is 0 Å². The Morgan fingerprint density at radius 1 is 1.14 bits per heavy atom. The number of anilines is 2. The average Bonchev–Trinajstić information content (AvgIpc) is 2.66. The average molecular weight is 383 g/mol. The smallest absolute Gasteiger partial charge is 0.335 e. The van der Waals surface area contributed by atoms with E-state index in [2.05, 4.69) is 5.32 Å². The van der Waals surface area contributed by atoms with Crippen LogP contribution in [0.3, 0.4) is 0 Å². The van der Waals surface area contributed by atoms with Gasteiger partial charge in [-0.15, -0.1) is 0 Å². The lowest BCUT2D eigenvalue weighted by Crippen LogP contribution is -2.50. The van der Waals surface area contributed by atoms with Gasteiger partial charge in [0.2, 0.25) is 5.91 Å². The fourth-order valence-electron chi connectivity index (χ4n) is 3.39. The number of amides is 2. The molecule has 0 spiro atoms. The van der Waals surface area contributed by atoms with E-state index >= 15 is 0 Å². The molecule has 1 aliphatic rings. The maximum absolute atomic E-state index is 12.7. The third kappa shape index (κ3) is 3.67. The molecule has 1 aliphatic heterocycles. The second-order valence-corrected chi connectivity index (χ2v) is 6.98. The minimum atomic E-state index is -0.996. The van der Waals surface area contributed by atoms with Gasteiger partial charge in [-0.05, 0) is 41.8 Å². The minimum absolute atomic E-state index is 0.0202. The topological polar surface area (TPSA) is 119 Å². The van der Waals surface area contributed by atoms with Gasteiger partial charge in [-0.25, -0.2) is 10.3 Å². The largest absolute Gasteiger partial charge is 0.478 e. The molecule has 28 heavy (non-hydrogen) atoms. The van der Waals surface area contributed by atoms with Gasteiger partial charge in [-0.1, -0.05) is 26.0 Å². The Hall–Kier alpha value is -3.39. The zero-order valence-corrected chi connectivity index (χ0v) is 15.5. The molecule has 146 valence electrons.